The van der Waals surface area contributed by atoms with Gasteiger partial charge in [0, 0.05) is 36.9 Å². The molecule has 1 aliphatic rings. The van der Waals surface area contributed by atoms with E-state index in [1.807, 2.05) is 18.2 Å². The van der Waals surface area contributed by atoms with Crippen molar-refractivity contribution in [2.45, 2.75) is 30.0 Å². The molecule has 0 unspecified atom stereocenters. The van der Waals surface area contributed by atoms with E-state index in [1.165, 1.54) is 4.31 Å². The third-order valence-corrected chi connectivity index (χ3v) is 6.76. The van der Waals surface area contributed by atoms with Gasteiger partial charge in [-0.1, -0.05) is 24.3 Å². The molecule has 0 spiro atoms. The molecule has 1 aromatic carbocycles. The molecule has 1 aliphatic heterocycles. The maximum absolute atomic E-state index is 13.3. The van der Waals surface area contributed by atoms with E-state index < -0.39 is 22.2 Å². The largest absolute Gasteiger partial charge is 0.387 e. The number of pyridine rings is 2. The Kier molecular flexibility index (Phi) is 4.73. The zero-order valence-electron chi connectivity index (χ0n) is 14.5. The van der Waals surface area contributed by atoms with Crippen molar-refractivity contribution in [3.8, 4) is 0 Å². The second kappa shape index (κ2) is 7.19. The first-order chi connectivity index (χ1) is 13.1. The molecule has 27 heavy (non-hydrogen) atoms. The van der Waals surface area contributed by atoms with Crippen LogP contribution in [0.3, 0.4) is 0 Å². The molecular weight excluding hydrogens is 362 g/mol. The Hall–Kier alpha value is -2.61. The van der Waals surface area contributed by atoms with E-state index >= 15 is 0 Å². The summed E-state index contributed by atoms with van der Waals surface area (Å²) in [7, 11) is -3.75. The fraction of sp³-hybridized carbons (Fsp3) is 0.200. The highest BCUT2D eigenvalue weighted by atomic mass is 32.2. The minimum Gasteiger partial charge on any atom is -0.387 e. The van der Waals surface area contributed by atoms with E-state index in [-0.39, 0.29) is 11.4 Å². The van der Waals surface area contributed by atoms with Crippen LogP contribution in [0, 0.1) is 0 Å². The number of hydrogen-bond acceptors (Lipinski definition) is 5. The number of aliphatic hydroxyl groups excluding tert-OH is 1. The number of nitrogens with zero attached hydrogens (tertiary/aromatic N) is 3. The van der Waals surface area contributed by atoms with Crippen LogP contribution in [0.1, 0.15) is 22.8 Å². The standard InChI is InChI=1S/C20H19N3O3S/c24-20-17-5-1-2-6-19(17)27(25,26)23(14-16-4-3-9-22-13-16)18(20)12-15-7-10-21-11-8-15/h1-11,13,18,20,24H,12,14H2/t18-,20+/m0/s1. The summed E-state index contributed by atoms with van der Waals surface area (Å²) in [4.78, 5) is 8.24. The smallest absolute Gasteiger partial charge is 0.244 e. The third kappa shape index (κ3) is 3.37. The summed E-state index contributed by atoms with van der Waals surface area (Å²) in [6.07, 6.45) is 6.09. The van der Waals surface area contributed by atoms with E-state index in [4.69, 9.17) is 0 Å². The van der Waals surface area contributed by atoms with Crippen LogP contribution in [0.15, 0.2) is 78.2 Å². The van der Waals surface area contributed by atoms with Gasteiger partial charge in [0.05, 0.1) is 17.0 Å². The summed E-state index contributed by atoms with van der Waals surface area (Å²) in [5.41, 5.74) is 2.13. The van der Waals surface area contributed by atoms with Crippen molar-refractivity contribution in [1.82, 2.24) is 14.3 Å². The van der Waals surface area contributed by atoms with Crippen LogP contribution in [0.25, 0.3) is 0 Å². The Morgan fingerprint density at radius 1 is 0.926 bits per heavy atom. The van der Waals surface area contributed by atoms with E-state index in [0.29, 0.717) is 12.0 Å². The topological polar surface area (TPSA) is 83.4 Å². The van der Waals surface area contributed by atoms with Gasteiger partial charge in [-0.05, 0) is 41.8 Å². The molecule has 6 nitrogen and oxygen atoms in total. The van der Waals surface area contributed by atoms with Crippen LogP contribution in [-0.4, -0.2) is 33.8 Å². The van der Waals surface area contributed by atoms with Crippen molar-refractivity contribution in [1.29, 1.82) is 0 Å². The van der Waals surface area contributed by atoms with Crippen LogP contribution in [0.2, 0.25) is 0 Å². The molecule has 1 N–H and O–H groups in total. The quantitative estimate of drug-likeness (QED) is 0.750. The minimum absolute atomic E-state index is 0.150. The van der Waals surface area contributed by atoms with E-state index in [2.05, 4.69) is 9.97 Å². The Labute approximate surface area is 158 Å². The van der Waals surface area contributed by atoms with Crippen LogP contribution in [0.4, 0.5) is 0 Å². The molecule has 0 saturated carbocycles. The molecule has 0 radical (unpaired) electrons. The molecule has 0 fully saturated rings. The number of hydrogen-bond donors (Lipinski definition) is 1. The number of fused-ring (bicyclic) bond motifs is 1. The summed E-state index contributed by atoms with van der Waals surface area (Å²) in [5, 5.41) is 11.0. The Bertz CT molecular complexity index is 1030. The molecule has 0 saturated heterocycles. The number of benzene rings is 1. The van der Waals surface area contributed by atoms with Gasteiger partial charge in [-0.2, -0.15) is 4.31 Å². The maximum atomic E-state index is 13.3. The highest BCUT2D eigenvalue weighted by molar-refractivity contribution is 7.89. The van der Waals surface area contributed by atoms with Gasteiger partial charge in [-0.15, -0.1) is 0 Å². The zero-order chi connectivity index (χ0) is 18.9. The summed E-state index contributed by atoms with van der Waals surface area (Å²) in [6, 6.07) is 13.3. The second-order valence-electron chi connectivity index (χ2n) is 6.52. The summed E-state index contributed by atoms with van der Waals surface area (Å²) in [5.74, 6) is 0. The molecule has 2 atom stereocenters. The number of aliphatic hydroxyl groups is 1. The second-order valence-corrected chi connectivity index (χ2v) is 8.38. The van der Waals surface area contributed by atoms with E-state index in [1.54, 1.807) is 55.1 Å². The van der Waals surface area contributed by atoms with Gasteiger partial charge in [-0.25, -0.2) is 8.42 Å². The predicted octanol–water partition coefficient (Wildman–Crippen LogP) is 2.33. The van der Waals surface area contributed by atoms with Crippen LogP contribution >= 0.6 is 0 Å². The molecule has 138 valence electrons. The summed E-state index contributed by atoms with van der Waals surface area (Å²) >= 11 is 0. The Balaban J connectivity index is 1.80. The van der Waals surface area contributed by atoms with Gasteiger partial charge >= 0.3 is 0 Å². The lowest BCUT2D eigenvalue weighted by atomic mass is 9.96. The van der Waals surface area contributed by atoms with Crippen molar-refractivity contribution >= 4 is 10.0 Å². The van der Waals surface area contributed by atoms with Crippen molar-refractivity contribution in [3.63, 3.8) is 0 Å². The minimum atomic E-state index is -3.75. The van der Waals surface area contributed by atoms with Crippen molar-refractivity contribution in [2.75, 3.05) is 0 Å². The fourth-order valence-corrected chi connectivity index (χ4v) is 5.33. The van der Waals surface area contributed by atoms with Gasteiger partial charge < -0.3 is 5.11 Å². The SMILES string of the molecule is O=S1(=O)c2ccccc2[C@@H](O)[C@H](Cc2ccncc2)N1Cc1cccnc1. The highest BCUT2D eigenvalue weighted by Gasteiger charge is 2.43. The molecule has 4 rings (SSSR count). The lowest BCUT2D eigenvalue weighted by Crippen LogP contribution is -2.48. The maximum Gasteiger partial charge on any atom is 0.244 e. The normalized spacial score (nSPS) is 21.5. The van der Waals surface area contributed by atoms with Gasteiger partial charge in [0.1, 0.15) is 0 Å². The molecular formula is C20H19N3O3S. The highest BCUT2D eigenvalue weighted by Crippen LogP contribution is 2.38. The summed E-state index contributed by atoms with van der Waals surface area (Å²) in [6.45, 7) is 0.150. The fourth-order valence-electron chi connectivity index (χ4n) is 3.48. The molecule has 0 bridgehead atoms. The van der Waals surface area contributed by atoms with Gasteiger partial charge in [-0.3, -0.25) is 9.97 Å². The third-order valence-electron chi connectivity index (χ3n) is 4.81. The van der Waals surface area contributed by atoms with Crippen LogP contribution in [0.5, 0.6) is 0 Å². The zero-order valence-corrected chi connectivity index (χ0v) is 15.3. The number of aromatic nitrogens is 2. The lowest BCUT2D eigenvalue weighted by molar-refractivity contribution is 0.0769. The molecule has 2 aromatic heterocycles. The average Bonchev–Trinajstić information content (AvgIpc) is 2.71. The Morgan fingerprint density at radius 2 is 1.70 bits per heavy atom. The first-order valence-electron chi connectivity index (χ1n) is 8.64. The molecule has 0 amide bonds. The van der Waals surface area contributed by atoms with Crippen molar-refractivity contribution in [2.24, 2.45) is 0 Å². The van der Waals surface area contributed by atoms with E-state index in [0.717, 1.165) is 11.1 Å². The first-order valence-corrected chi connectivity index (χ1v) is 10.1. The van der Waals surface area contributed by atoms with Gasteiger partial charge in [0.25, 0.3) is 0 Å². The van der Waals surface area contributed by atoms with Crippen LogP contribution < -0.4 is 0 Å². The van der Waals surface area contributed by atoms with Gasteiger partial charge in [0.15, 0.2) is 0 Å². The summed E-state index contributed by atoms with van der Waals surface area (Å²) < 4.78 is 28.1. The van der Waals surface area contributed by atoms with Crippen molar-refractivity contribution < 1.29 is 13.5 Å². The monoisotopic (exact) mass is 381 g/mol. The lowest BCUT2D eigenvalue weighted by Gasteiger charge is -2.39. The molecule has 3 aromatic rings. The Morgan fingerprint density at radius 3 is 2.44 bits per heavy atom. The number of sulfonamides is 1. The predicted molar refractivity (Wildman–Crippen MR) is 100 cm³/mol. The molecule has 0 aliphatic carbocycles. The van der Waals surface area contributed by atoms with Crippen LogP contribution in [-0.2, 0) is 23.0 Å². The van der Waals surface area contributed by atoms with E-state index in [9.17, 15) is 13.5 Å². The molecule has 3 heterocycles. The molecule has 7 heteroatoms. The number of rotatable bonds is 4. The van der Waals surface area contributed by atoms with Crippen molar-refractivity contribution in [3.05, 3.63) is 90.0 Å². The van der Waals surface area contributed by atoms with Gasteiger partial charge in [0.2, 0.25) is 10.0 Å². The average molecular weight is 381 g/mol. The first kappa shape index (κ1) is 17.8.